The zero-order valence-corrected chi connectivity index (χ0v) is 15.6. The zero-order chi connectivity index (χ0) is 18.1. The third-order valence-corrected chi connectivity index (χ3v) is 4.89. The van der Waals surface area contributed by atoms with Gasteiger partial charge in [0.25, 0.3) is 11.3 Å². The van der Waals surface area contributed by atoms with Crippen molar-refractivity contribution in [1.82, 2.24) is 19.3 Å². The lowest BCUT2D eigenvalue weighted by Gasteiger charge is -2.11. The number of ether oxygens (including phenoxy) is 1. The van der Waals surface area contributed by atoms with Gasteiger partial charge in [-0.2, -0.15) is 13.9 Å². The molecule has 0 aliphatic rings. The maximum absolute atomic E-state index is 12.6. The van der Waals surface area contributed by atoms with Gasteiger partial charge in [-0.3, -0.25) is 9.36 Å². The molecule has 0 amide bonds. The molecule has 0 spiro atoms. The van der Waals surface area contributed by atoms with Crippen LogP contribution in [-0.4, -0.2) is 32.2 Å². The van der Waals surface area contributed by atoms with Gasteiger partial charge in [-0.1, -0.05) is 17.8 Å². The minimum Gasteiger partial charge on any atom is -0.496 e. The fourth-order valence-corrected chi connectivity index (χ4v) is 3.63. The number of methoxy groups -OCH3 is 1. The Morgan fingerprint density at radius 1 is 1.40 bits per heavy atom. The molecule has 0 fully saturated rings. The number of hydrogen-bond donors (Lipinski definition) is 0. The molecule has 2 heterocycles. The van der Waals surface area contributed by atoms with Gasteiger partial charge in [0.1, 0.15) is 22.1 Å². The lowest BCUT2D eigenvalue weighted by molar-refractivity contribution is 0.251. The summed E-state index contributed by atoms with van der Waals surface area (Å²) in [5.41, 5.74) is 0.975. The summed E-state index contributed by atoms with van der Waals surface area (Å²) in [6.07, 6.45) is 1.44. The van der Waals surface area contributed by atoms with E-state index in [-0.39, 0.29) is 12.1 Å². The molecule has 0 aliphatic carbocycles. The van der Waals surface area contributed by atoms with Crippen molar-refractivity contribution in [2.45, 2.75) is 17.2 Å². The van der Waals surface area contributed by atoms with E-state index >= 15 is 0 Å². The van der Waals surface area contributed by atoms with Crippen LogP contribution in [0.15, 0.2) is 38.8 Å². The van der Waals surface area contributed by atoms with Gasteiger partial charge >= 0.3 is 0 Å². The Morgan fingerprint density at radius 2 is 2.16 bits per heavy atom. The Bertz CT molecular complexity index is 990. The summed E-state index contributed by atoms with van der Waals surface area (Å²) in [6.45, 7) is 0.235. The summed E-state index contributed by atoms with van der Waals surface area (Å²) in [5, 5.41) is 4.52. The average Bonchev–Trinajstić information content (AvgIpc) is 2.85. The fraction of sp³-hybridized carbons (Fsp3) is 0.267. The van der Waals surface area contributed by atoms with Crippen LogP contribution in [0.25, 0.3) is 11.0 Å². The van der Waals surface area contributed by atoms with E-state index in [9.17, 15) is 13.6 Å². The Hall–Kier alpha value is -1.94. The van der Waals surface area contributed by atoms with Crippen molar-refractivity contribution in [2.75, 3.05) is 7.11 Å². The zero-order valence-electron chi connectivity index (χ0n) is 13.2. The molecule has 0 saturated carbocycles. The van der Waals surface area contributed by atoms with Crippen LogP contribution in [0.3, 0.4) is 0 Å². The Balaban J connectivity index is 1.97. The van der Waals surface area contributed by atoms with Crippen LogP contribution < -0.4 is 10.3 Å². The molecule has 3 rings (SSSR count). The van der Waals surface area contributed by atoms with Gasteiger partial charge < -0.3 is 4.74 Å². The van der Waals surface area contributed by atoms with Crippen LogP contribution in [0, 0.1) is 0 Å². The second-order valence-corrected chi connectivity index (χ2v) is 6.94. The Labute approximate surface area is 153 Å². The van der Waals surface area contributed by atoms with Crippen LogP contribution in [0.5, 0.6) is 5.75 Å². The second-order valence-electron chi connectivity index (χ2n) is 5.15. The Morgan fingerprint density at radius 3 is 2.84 bits per heavy atom. The van der Waals surface area contributed by atoms with Crippen molar-refractivity contribution in [1.29, 1.82) is 0 Å². The minimum absolute atomic E-state index is 0.235. The van der Waals surface area contributed by atoms with Gasteiger partial charge in [-0.15, -0.1) is 0 Å². The maximum atomic E-state index is 12.6. The summed E-state index contributed by atoms with van der Waals surface area (Å²) in [5.74, 6) is -2.19. The molecule has 0 aliphatic heterocycles. The first-order valence-electron chi connectivity index (χ1n) is 7.10. The molecule has 0 atom stereocenters. The molecule has 1 aromatic carbocycles. The molecule has 0 saturated heterocycles. The number of halogens is 3. The standard InChI is InChI=1S/C15H13BrF2N4O2S/c1-21-13-11(12(16)20-21)14(23)22(7-19-13)6-8-3-4-10(25-15(17)18)9(5-8)24-2/h3-5,7,15H,6H2,1-2H3. The van der Waals surface area contributed by atoms with Gasteiger partial charge in [-0.05, 0) is 33.6 Å². The topological polar surface area (TPSA) is 61.9 Å². The van der Waals surface area contributed by atoms with E-state index in [1.807, 2.05) is 0 Å². The third kappa shape index (κ3) is 3.54. The quantitative estimate of drug-likeness (QED) is 0.581. The van der Waals surface area contributed by atoms with Crippen molar-refractivity contribution < 1.29 is 13.5 Å². The molecule has 0 N–H and O–H groups in total. The van der Waals surface area contributed by atoms with Crippen LogP contribution in [0.4, 0.5) is 8.78 Å². The van der Waals surface area contributed by atoms with Gasteiger partial charge in [0.15, 0.2) is 5.65 Å². The highest BCUT2D eigenvalue weighted by Crippen LogP contribution is 2.34. The highest BCUT2D eigenvalue weighted by atomic mass is 79.9. The number of fused-ring (bicyclic) bond motifs is 1. The van der Waals surface area contributed by atoms with Crippen LogP contribution in [0.2, 0.25) is 0 Å². The minimum atomic E-state index is -2.53. The number of benzene rings is 1. The van der Waals surface area contributed by atoms with E-state index in [4.69, 9.17) is 4.74 Å². The predicted molar refractivity (Wildman–Crippen MR) is 94.4 cm³/mol. The number of aryl methyl sites for hydroxylation is 1. The first kappa shape index (κ1) is 17.9. The number of thioether (sulfide) groups is 1. The van der Waals surface area contributed by atoms with Crippen molar-refractivity contribution in [3.8, 4) is 5.75 Å². The molecular weight excluding hydrogens is 418 g/mol. The molecule has 25 heavy (non-hydrogen) atoms. The third-order valence-electron chi connectivity index (χ3n) is 3.57. The summed E-state index contributed by atoms with van der Waals surface area (Å²) >= 11 is 3.68. The Kier molecular flexibility index (Phi) is 5.09. The van der Waals surface area contributed by atoms with Gasteiger partial charge in [0, 0.05) is 7.05 Å². The second kappa shape index (κ2) is 7.12. The molecule has 3 aromatic rings. The maximum Gasteiger partial charge on any atom is 0.289 e. The lowest BCUT2D eigenvalue weighted by Crippen LogP contribution is -2.21. The number of hydrogen-bond acceptors (Lipinski definition) is 5. The number of aromatic nitrogens is 4. The van der Waals surface area contributed by atoms with E-state index in [1.54, 1.807) is 25.2 Å². The molecular formula is C15H13BrF2N4O2S. The number of rotatable bonds is 5. The first-order chi connectivity index (χ1) is 11.9. The smallest absolute Gasteiger partial charge is 0.289 e. The number of alkyl halides is 2. The monoisotopic (exact) mass is 430 g/mol. The van der Waals surface area contributed by atoms with Gasteiger partial charge in [-0.25, -0.2) is 9.67 Å². The van der Waals surface area contributed by atoms with Crippen molar-refractivity contribution >= 4 is 38.7 Å². The van der Waals surface area contributed by atoms with Crippen molar-refractivity contribution in [3.05, 3.63) is 45.0 Å². The highest BCUT2D eigenvalue weighted by Gasteiger charge is 2.15. The van der Waals surface area contributed by atoms with E-state index < -0.39 is 5.76 Å². The highest BCUT2D eigenvalue weighted by molar-refractivity contribution is 9.10. The largest absolute Gasteiger partial charge is 0.496 e. The predicted octanol–water partition coefficient (Wildman–Crippen LogP) is 3.26. The van der Waals surface area contributed by atoms with E-state index in [1.165, 1.54) is 22.7 Å². The van der Waals surface area contributed by atoms with E-state index in [0.717, 1.165) is 5.56 Å². The van der Waals surface area contributed by atoms with Gasteiger partial charge in [0.05, 0.1) is 18.6 Å². The van der Waals surface area contributed by atoms with Crippen molar-refractivity contribution in [3.63, 3.8) is 0 Å². The molecule has 132 valence electrons. The molecule has 0 radical (unpaired) electrons. The SMILES string of the molecule is COc1cc(Cn2cnc3c(c(Br)nn3C)c2=O)ccc1SC(F)F. The summed E-state index contributed by atoms with van der Waals surface area (Å²) in [7, 11) is 3.12. The first-order valence-corrected chi connectivity index (χ1v) is 8.77. The van der Waals surface area contributed by atoms with E-state index in [2.05, 4.69) is 26.0 Å². The van der Waals surface area contributed by atoms with Gasteiger partial charge in [0.2, 0.25) is 0 Å². The summed E-state index contributed by atoms with van der Waals surface area (Å²) in [4.78, 5) is 17.2. The molecule has 10 heteroatoms. The molecule has 0 bridgehead atoms. The fourth-order valence-electron chi connectivity index (χ4n) is 2.45. The van der Waals surface area contributed by atoms with Crippen molar-refractivity contribution in [2.24, 2.45) is 7.05 Å². The molecule has 0 unspecified atom stereocenters. The molecule has 2 aromatic heterocycles. The number of nitrogens with zero attached hydrogens (tertiary/aromatic N) is 4. The van der Waals surface area contributed by atoms with Crippen LogP contribution in [-0.2, 0) is 13.6 Å². The summed E-state index contributed by atoms with van der Waals surface area (Å²) < 4.78 is 33.7. The normalized spacial score (nSPS) is 11.4. The summed E-state index contributed by atoms with van der Waals surface area (Å²) in [6, 6.07) is 4.88. The van der Waals surface area contributed by atoms with Crippen LogP contribution in [0.1, 0.15) is 5.56 Å². The lowest BCUT2D eigenvalue weighted by atomic mass is 10.2. The van der Waals surface area contributed by atoms with E-state index in [0.29, 0.717) is 38.0 Å². The molecule has 6 nitrogen and oxygen atoms in total. The average molecular weight is 431 g/mol. The van der Waals surface area contributed by atoms with Crippen LogP contribution >= 0.6 is 27.7 Å².